The Bertz CT molecular complexity index is 1300. The maximum Gasteiger partial charge on any atom is 0.335 e. The molecule has 0 spiro atoms. The number of aromatic nitrogens is 2. The van der Waals surface area contributed by atoms with Gasteiger partial charge >= 0.3 is 5.97 Å². The Morgan fingerprint density at radius 3 is 2.33 bits per heavy atom. The normalized spacial score (nSPS) is 17.7. The average Bonchev–Trinajstić information content (AvgIpc) is 3.44. The van der Waals surface area contributed by atoms with Crippen LogP contribution in [-0.4, -0.2) is 30.8 Å². The number of rotatable bonds is 5. The van der Waals surface area contributed by atoms with Crippen molar-refractivity contribution >= 4 is 29.0 Å². The molecule has 2 atom stereocenters. The van der Waals surface area contributed by atoms with Crippen LogP contribution >= 0.6 is 12.2 Å². The van der Waals surface area contributed by atoms with Crippen LogP contribution in [0.3, 0.4) is 0 Å². The molecule has 3 heterocycles. The van der Waals surface area contributed by atoms with Crippen molar-refractivity contribution < 1.29 is 15.0 Å². The lowest BCUT2D eigenvalue weighted by atomic mass is 10.0. The molecule has 1 fully saturated rings. The largest absolute Gasteiger partial charge is 0.508 e. The van der Waals surface area contributed by atoms with Crippen LogP contribution in [0.15, 0.2) is 91.3 Å². The van der Waals surface area contributed by atoms with Gasteiger partial charge in [-0.1, -0.05) is 6.07 Å². The van der Waals surface area contributed by atoms with Crippen molar-refractivity contribution in [1.82, 2.24) is 14.9 Å². The molecule has 2 aromatic heterocycles. The molecule has 0 saturated carbocycles. The van der Waals surface area contributed by atoms with E-state index in [1.807, 2.05) is 58.1 Å². The smallest absolute Gasteiger partial charge is 0.335 e. The number of thiocarbonyl (C=S) groups is 1. The Kier molecular flexibility index (Phi) is 5.27. The van der Waals surface area contributed by atoms with Crippen molar-refractivity contribution in [3.05, 3.63) is 108 Å². The van der Waals surface area contributed by atoms with Crippen LogP contribution in [-0.2, 0) is 0 Å². The lowest BCUT2D eigenvalue weighted by Crippen LogP contribution is -2.30. The van der Waals surface area contributed by atoms with E-state index in [-0.39, 0.29) is 23.4 Å². The number of benzene rings is 2. The molecule has 3 N–H and O–H groups in total. The highest BCUT2D eigenvalue weighted by molar-refractivity contribution is 7.80. The number of anilines is 1. The fraction of sp³-hybridized carbons (Fsp3) is 0.0800. The third kappa shape index (κ3) is 3.81. The average molecular weight is 457 g/mol. The number of nitrogens with one attached hydrogen (secondary N) is 1. The first-order valence-electron chi connectivity index (χ1n) is 10.3. The second-order valence-corrected chi connectivity index (χ2v) is 8.05. The van der Waals surface area contributed by atoms with Crippen molar-refractivity contribution in [2.24, 2.45) is 0 Å². The van der Waals surface area contributed by atoms with Crippen LogP contribution in [0.4, 0.5) is 5.69 Å². The third-order valence-corrected chi connectivity index (χ3v) is 6.02. The summed E-state index contributed by atoms with van der Waals surface area (Å²) in [5.74, 6) is -0.787. The van der Waals surface area contributed by atoms with Crippen LogP contribution in [0.2, 0.25) is 0 Å². The Hall–Kier alpha value is -4.17. The van der Waals surface area contributed by atoms with Gasteiger partial charge in [-0.15, -0.1) is 0 Å². The number of phenols is 1. The molecule has 0 unspecified atom stereocenters. The molecule has 0 amide bonds. The van der Waals surface area contributed by atoms with Crippen molar-refractivity contribution in [3.63, 3.8) is 0 Å². The number of carboxylic acids is 1. The number of hydrogen-bond acceptors (Lipinski definition) is 4. The molecule has 33 heavy (non-hydrogen) atoms. The molecule has 1 saturated heterocycles. The number of aromatic carboxylic acids is 1. The lowest BCUT2D eigenvalue weighted by molar-refractivity contribution is 0.0697. The summed E-state index contributed by atoms with van der Waals surface area (Å²) in [5.41, 5.74) is 3.70. The molecule has 7 nitrogen and oxygen atoms in total. The molecule has 0 aliphatic carbocycles. The summed E-state index contributed by atoms with van der Waals surface area (Å²) in [5, 5.41) is 23.0. The highest BCUT2D eigenvalue weighted by atomic mass is 32.1. The molecule has 2 aromatic carbocycles. The lowest BCUT2D eigenvalue weighted by Gasteiger charge is -2.29. The first-order chi connectivity index (χ1) is 16.0. The predicted octanol–water partition coefficient (Wildman–Crippen LogP) is 4.45. The van der Waals surface area contributed by atoms with Gasteiger partial charge in [0.15, 0.2) is 5.11 Å². The minimum Gasteiger partial charge on any atom is -0.508 e. The molecule has 1 aliphatic rings. The van der Waals surface area contributed by atoms with Gasteiger partial charge in [0.1, 0.15) is 11.8 Å². The van der Waals surface area contributed by atoms with E-state index in [1.54, 1.807) is 42.6 Å². The van der Waals surface area contributed by atoms with Gasteiger partial charge in [0.25, 0.3) is 0 Å². The van der Waals surface area contributed by atoms with E-state index in [1.165, 1.54) is 0 Å². The van der Waals surface area contributed by atoms with E-state index in [0.717, 1.165) is 22.8 Å². The Labute approximate surface area is 195 Å². The van der Waals surface area contributed by atoms with Crippen LogP contribution in [0.1, 0.15) is 33.8 Å². The van der Waals surface area contributed by atoms with Gasteiger partial charge in [-0.2, -0.15) is 0 Å². The summed E-state index contributed by atoms with van der Waals surface area (Å²) in [6, 6.07) is 22.9. The van der Waals surface area contributed by atoms with E-state index >= 15 is 0 Å². The van der Waals surface area contributed by atoms with E-state index in [0.29, 0.717) is 5.11 Å². The zero-order chi connectivity index (χ0) is 22.9. The monoisotopic (exact) mass is 456 g/mol. The molecular weight excluding hydrogens is 436 g/mol. The molecule has 1 aliphatic heterocycles. The van der Waals surface area contributed by atoms with E-state index in [4.69, 9.17) is 12.2 Å². The number of pyridine rings is 1. The fourth-order valence-corrected chi connectivity index (χ4v) is 4.53. The summed E-state index contributed by atoms with van der Waals surface area (Å²) in [7, 11) is 0. The molecule has 0 radical (unpaired) electrons. The first kappa shape index (κ1) is 20.7. The summed E-state index contributed by atoms with van der Waals surface area (Å²) >= 11 is 5.74. The number of carboxylic acid groups (broad SMARTS) is 1. The van der Waals surface area contributed by atoms with Crippen molar-refractivity contribution in [2.45, 2.75) is 12.1 Å². The topological polar surface area (TPSA) is 90.6 Å². The minimum absolute atomic E-state index is 0.177. The van der Waals surface area contributed by atoms with E-state index < -0.39 is 5.97 Å². The van der Waals surface area contributed by atoms with Gasteiger partial charge in [0, 0.05) is 29.5 Å². The third-order valence-electron chi connectivity index (χ3n) is 5.70. The highest BCUT2D eigenvalue weighted by Crippen LogP contribution is 2.42. The van der Waals surface area contributed by atoms with Crippen LogP contribution in [0.25, 0.3) is 5.69 Å². The van der Waals surface area contributed by atoms with Gasteiger partial charge < -0.3 is 25.0 Å². The van der Waals surface area contributed by atoms with Crippen molar-refractivity contribution in [2.75, 3.05) is 4.90 Å². The Morgan fingerprint density at radius 1 is 0.939 bits per heavy atom. The summed E-state index contributed by atoms with van der Waals surface area (Å²) in [6.07, 6.45) is 3.70. The molecular formula is C25H20N4O3S. The molecule has 8 heteroatoms. The Morgan fingerprint density at radius 2 is 1.67 bits per heavy atom. The summed E-state index contributed by atoms with van der Waals surface area (Å²) in [4.78, 5) is 17.9. The molecule has 164 valence electrons. The second-order valence-electron chi connectivity index (χ2n) is 7.67. The van der Waals surface area contributed by atoms with Crippen LogP contribution in [0.5, 0.6) is 5.75 Å². The standard InChI is InChI=1S/C25H20N4O3S/c30-19-12-10-18(11-13-19)29-23(22(27-25(29)33)20-4-1-2-14-26-20)21-5-3-15-28(21)17-8-6-16(7-9-17)24(31)32/h1-15,22-23,30H,(H,27,33)(H,31,32)/t22-,23-/m1/s1. The maximum atomic E-state index is 11.3. The zero-order valence-electron chi connectivity index (χ0n) is 17.4. The van der Waals surface area contributed by atoms with Gasteiger partial charge in [-0.25, -0.2) is 4.79 Å². The highest BCUT2D eigenvalue weighted by Gasteiger charge is 2.42. The quantitative estimate of drug-likeness (QED) is 0.382. The molecule has 0 bridgehead atoms. The second kappa shape index (κ2) is 8.40. The van der Waals surface area contributed by atoms with Gasteiger partial charge in [-0.05, 0) is 85.0 Å². The molecule has 5 rings (SSSR count). The van der Waals surface area contributed by atoms with Crippen molar-refractivity contribution in [3.8, 4) is 11.4 Å². The van der Waals surface area contributed by atoms with Crippen LogP contribution < -0.4 is 10.2 Å². The number of nitrogens with zero attached hydrogens (tertiary/aromatic N) is 3. The van der Waals surface area contributed by atoms with Gasteiger partial charge in [-0.3, -0.25) is 4.98 Å². The number of hydrogen-bond donors (Lipinski definition) is 3. The molecule has 4 aromatic rings. The van der Waals surface area contributed by atoms with E-state index in [9.17, 15) is 15.0 Å². The number of phenolic OH excluding ortho intramolecular Hbond substituents is 1. The number of aromatic hydroxyl groups is 1. The first-order valence-corrected chi connectivity index (χ1v) is 10.7. The van der Waals surface area contributed by atoms with E-state index in [2.05, 4.69) is 10.3 Å². The SMILES string of the molecule is O=C(O)c1ccc(-n2cccc2[C@@H]2[C@@H](c3ccccn3)NC(=S)N2c2ccc(O)cc2)cc1. The number of carbonyl (C=O) groups is 1. The van der Waals surface area contributed by atoms with Crippen LogP contribution in [0, 0.1) is 0 Å². The zero-order valence-corrected chi connectivity index (χ0v) is 18.2. The summed E-state index contributed by atoms with van der Waals surface area (Å²) < 4.78 is 2.02. The van der Waals surface area contributed by atoms with Crippen molar-refractivity contribution in [1.29, 1.82) is 0 Å². The minimum atomic E-state index is -0.964. The maximum absolute atomic E-state index is 11.3. The van der Waals surface area contributed by atoms with Gasteiger partial charge in [0.05, 0.1) is 17.3 Å². The fourth-order valence-electron chi connectivity index (χ4n) is 4.18. The Balaban J connectivity index is 1.63. The van der Waals surface area contributed by atoms with Gasteiger partial charge in [0.2, 0.25) is 0 Å². The summed E-state index contributed by atoms with van der Waals surface area (Å²) in [6.45, 7) is 0. The predicted molar refractivity (Wildman–Crippen MR) is 129 cm³/mol.